The minimum Gasteiger partial charge on any atom is -0.492 e. The third kappa shape index (κ3) is 6.83. The molecule has 0 fully saturated rings. The van der Waals surface area contributed by atoms with E-state index in [0.717, 1.165) is 17.2 Å². The Bertz CT molecular complexity index is 608. The number of hydrogen-bond acceptors (Lipinski definition) is 4. The van der Waals surface area contributed by atoms with Crippen LogP contribution in [0.2, 0.25) is 0 Å². The minimum atomic E-state index is -0.122. The van der Waals surface area contributed by atoms with Crippen LogP contribution in [0.5, 0.6) is 5.75 Å². The fourth-order valence-corrected chi connectivity index (χ4v) is 2.77. The fourth-order valence-electron chi connectivity index (χ4n) is 1.93. The van der Waals surface area contributed by atoms with Crippen LogP contribution >= 0.6 is 24.2 Å². The molecule has 130 valence electrons. The van der Waals surface area contributed by atoms with Gasteiger partial charge in [0, 0.05) is 18.0 Å². The summed E-state index contributed by atoms with van der Waals surface area (Å²) in [7, 11) is 0. The molecule has 0 heterocycles. The minimum absolute atomic E-state index is 0. The zero-order chi connectivity index (χ0) is 16.5. The first-order chi connectivity index (χ1) is 11.2. The average molecular weight is 367 g/mol. The molecule has 0 aromatic heterocycles. The Morgan fingerprint density at radius 1 is 1.17 bits per heavy atom. The highest BCUT2D eigenvalue weighted by Gasteiger charge is 2.13. The topological polar surface area (TPSA) is 64.3 Å². The molecular formula is C18H23ClN2O2S. The number of nitrogens with one attached hydrogen (secondary N) is 1. The number of thioether (sulfide) groups is 1. The molecule has 1 amide bonds. The van der Waals surface area contributed by atoms with E-state index in [9.17, 15) is 4.79 Å². The summed E-state index contributed by atoms with van der Waals surface area (Å²) >= 11 is 1.62. The smallest absolute Gasteiger partial charge is 0.237 e. The molecule has 0 spiro atoms. The Hall–Kier alpha value is -1.69. The van der Waals surface area contributed by atoms with Crippen LogP contribution in [0.4, 0.5) is 5.69 Å². The van der Waals surface area contributed by atoms with E-state index in [2.05, 4.69) is 17.4 Å². The molecule has 3 N–H and O–H groups in total. The molecule has 0 saturated carbocycles. The zero-order valence-corrected chi connectivity index (χ0v) is 15.2. The van der Waals surface area contributed by atoms with Crippen LogP contribution in [0.1, 0.15) is 12.5 Å². The van der Waals surface area contributed by atoms with E-state index in [1.165, 1.54) is 5.56 Å². The molecule has 0 saturated heterocycles. The molecule has 4 nitrogen and oxygen atoms in total. The number of ether oxygens (including phenoxy) is 1. The number of amides is 1. The molecule has 0 radical (unpaired) electrons. The number of anilines is 1. The predicted molar refractivity (Wildman–Crippen MR) is 104 cm³/mol. The van der Waals surface area contributed by atoms with Crippen molar-refractivity contribution in [1.82, 2.24) is 0 Å². The normalized spacial score (nSPS) is 11.2. The van der Waals surface area contributed by atoms with Crippen LogP contribution in [-0.2, 0) is 10.5 Å². The van der Waals surface area contributed by atoms with Gasteiger partial charge in [0.1, 0.15) is 12.4 Å². The lowest BCUT2D eigenvalue weighted by molar-refractivity contribution is -0.115. The van der Waals surface area contributed by atoms with Crippen molar-refractivity contribution >= 4 is 35.8 Å². The van der Waals surface area contributed by atoms with Gasteiger partial charge in [-0.15, -0.1) is 24.2 Å². The molecule has 0 aliphatic carbocycles. The van der Waals surface area contributed by atoms with Crippen molar-refractivity contribution in [3.8, 4) is 5.75 Å². The number of halogens is 1. The molecule has 2 rings (SSSR count). The Labute approximate surface area is 153 Å². The first-order valence-electron chi connectivity index (χ1n) is 7.58. The van der Waals surface area contributed by atoms with E-state index in [0.29, 0.717) is 13.2 Å². The van der Waals surface area contributed by atoms with Crippen LogP contribution in [0, 0.1) is 0 Å². The summed E-state index contributed by atoms with van der Waals surface area (Å²) < 4.78 is 5.41. The second-order valence-corrected chi connectivity index (χ2v) is 6.42. The van der Waals surface area contributed by atoms with Gasteiger partial charge in [0.25, 0.3) is 0 Å². The van der Waals surface area contributed by atoms with Crippen LogP contribution < -0.4 is 15.8 Å². The lowest BCUT2D eigenvalue weighted by Crippen LogP contribution is -2.22. The number of carbonyl (C=O) groups is 1. The van der Waals surface area contributed by atoms with Crippen LogP contribution in [0.25, 0.3) is 0 Å². The highest BCUT2D eigenvalue weighted by Crippen LogP contribution is 2.20. The van der Waals surface area contributed by atoms with Crippen molar-refractivity contribution in [2.45, 2.75) is 17.9 Å². The largest absolute Gasteiger partial charge is 0.492 e. The van der Waals surface area contributed by atoms with E-state index >= 15 is 0 Å². The maximum atomic E-state index is 12.2. The van der Waals surface area contributed by atoms with Crippen molar-refractivity contribution in [2.24, 2.45) is 5.73 Å². The number of hydrogen-bond donors (Lipinski definition) is 2. The van der Waals surface area contributed by atoms with Gasteiger partial charge < -0.3 is 15.8 Å². The van der Waals surface area contributed by atoms with E-state index in [4.69, 9.17) is 10.5 Å². The molecule has 0 bridgehead atoms. The van der Waals surface area contributed by atoms with Gasteiger partial charge in [-0.3, -0.25) is 4.79 Å². The van der Waals surface area contributed by atoms with Gasteiger partial charge in [-0.25, -0.2) is 0 Å². The summed E-state index contributed by atoms with van der Waals surface area (Å²) in [6, 6.07) is 17.5. The first-order valence-corrected chi connectivity index (χ1v) is 8.63. The summed E-state index contributed by atoms with van der Waals surface area (Å²) in [4.78, 5) is 12.2. The molecule has 1 atom stereocenters. The Morgan fingerprint density at radius 2 is 1.83 bits per heavy atom. The summed E-state index contributed by atoms with van der Waals surface area (Å²) in [5.74, 6) is 1.57. The molecule has 1 unspecified atom stereocenters. The third-order valence-corrected chi connectivity index (χ3v) is 4.43. The molecule has 0 aliphatic heterocycles. The van der Waals surface area contributed by atoms with Crippen molar-refractivity contribution in [1.29, 1.82) is 0 Å². The second kappa shape index (κ2) is 11.0. The van der Waals surface area contributed by atoms with Gasteiger partial charge in [-0.2, -0.15) is 0 Å². The zero-order valence-electron chi connectivity index (χ0n) is 13.6. The first kappa shape index (κ1) is 20.4. The van der Waals surface area contributed by atoms with E-state index in [-0.39, 0.29) is 23.6 Å². The van der Waals surface area contributed by atoms with Crippen LogP contribution in [0.3, 0.4) is 0 Å². The van der Waals surface area contributed by atoms with Gasteiger partial charge in [0.2, 0.25) is 5.91 Å². The Morgan fingerprint density at radius 3 is 2.46 bits per heavy atom. The van der Waals surface area contributed by atoms with Gasteiger partial charge in [-0.05, 0) is 36.8 Å². The Balaban J connectivity index is 0.00000288. The summed E-state index contributed by atoms with van der Waals surface area (Å²) in [6.07, 6.45) is 0. The van der Waals surface area contributed by atoms with Crippen molar-refractivity contribution in [2.75, 3.05) is 18.5 Å². The average Bonchev–Trinajstić information content (AvgIpc) is 2.60. The van der Waals surface area contributed by atoms with E-state index < -0.39 is 0 Å². The summed E-state index contributed by atoms with van der Waals surface area (Å²) in [5, 5.41) is 2.80. The molecule has 2 aromatic rings. The molecule has 24 heavy (non-hydrogen) atoms. The summed E-state index contributed by atoms with van der Waals surface area (Å²) in [5.41, 5.74) is 7.38. The van der Waals surface area contributed by atoms with Gasteiger partial charge >= 0.3 is 0 Å². The lowest BCUT2D eigenvalue weighted by Gasteiger charge is -2.12. The molecular weight excluding hydrogens is 344 g/mol. The van der Waals surface area contributed by atoms with Crippen molar-refractivity contribution in [3.05, 3.63) is 60.2 Å². The van der Waals surface area contributed by atoms with Crippen molar-refractivity contribution < 1.29 is 9.53 Å². The highest BCUT2D eigenvalue weighted by molar-refractivity contribution is 7.99. The fraction of sp³-hybridized carbons (Fsp3) is 0.278. The SMILES string of the molecule is CC(SCc1ccccc1)C(=O)Nc1ccc(OCCN)cc1.Cl. The summed E-state index contributed by atoms with van der Waals surface area (Å²) in [6.45, 7) is 2.88. The third-order valence-electron chi connectivity index (χ3n) is 3.22. The maximum absolute atomic E-state index is 12.2. The van der Waals surface area contributed by atoms with E-state index in [1.807, 2.05) is 49.4 Å². The number of benzene rings is 2. The number of nitrogens with two attached hydrogens (primary N) is 1. The Kier molecular flexibility index (Phi) is 9.30. The van der Waals surface area contributed by atoms with Crippen LogP contribution in [-0.4, -0.2) is 24.3 Å². The number of carbonyl (C=O) groups excluding carboxylic acids is 1. The number of rotatable bonds is 8. The maximum Gasteiger partial charge on any atom is 0.237 e. The molecule has 2 aromatic carbocycles. The van der Waals surface area contributed by atoms with Gasteiger partial charge in [-0.1, -0.05) is 30.3 Å². The standard InChI is InChI=1S/C18H22N2O2S.ClH/c1-14(23-13-15-5-3-2-4-6-15)18(21)20-16-7-9-17(10-8-16)22-12-11-19;/h2-10,14H,11-13,19H2,1H3,(H,20,21);1H. The van der Waals surface area contributed by atoms with E-state index in [1.54, 1.807) is 11.8 Å². The lowest BCUT2D eigenvalue weighted by atomic mass is 10.2. The highest BCUT2D eigenvalue weighted by atomic mass is 35.5. The van der Waals surface area contributed by atoms with Crippen molar-refractivity contribution in [3.63, 3.8) is 0 Å². The second-order valence-electron chi connectivity index (χ2n) is 5.09. The predicted octanol–water partition coefficient (Wildman–Crippen LogP) is 3.71. The quantitative estimate of drug-likeness (QED) is 0.747. The van der Waals surface area contributed by atoms with Crippen LogP contribution in [0.15, 0.2) is 54.6 Å². The van der Waals surface area contributed by atoms with Gasteiger partial charge in [0.15, 0.2) is 0 Å². The molecule has 6 heteroatoms. The molecule has 0 aliphatic rings. The van der Waals surface area contributed by atoms with Gasteiger partial charge in [0.05, 0.1) is 5.25 Å². The monoisotopic (exact) mass is 366 g/mol.